The van der Waals surface area contributed by atoms with E-state index in [2.05, 4.69) is 27.8 Å². The van der Waals surface area contributed by atoms with Crippen molar-refractivity contribution >= 4 is 33.5 Å². The maximum Gasteiger partial charge on any atom is 0.259 e. The third-order valence-electron chi connectivity index (χ3n) is 11.0. The number of nitrogens with one attached hydrogen (secondary N) is 2. The molecule has 2 N–H and O–H groups in total. The van der Waals surface area contributed by atoms with Gasteiger partial charge in [-0.15, -0.1) is 6.58 Å². The SMILES string of the molecule is C=C[C@H]1C[C@]1(NC(=O)[C@@H]1C[C@@H]2C[C@H]1C(=O)N(C1CC1)CCC/C=C\COc1ccc3c(c1)/C(=N/O2)c1ccccc1-3)C(=O)NS(=O)(=O)C1CC1. The van der Waals surface area contributed by atoms with Crippen LogP contribution in [-0.4, -0.2) is 72.8 Å². The van der Waals surface area contributed by atoms with E-state index in [1.807, 2.05) is 53.4 Å². The smallest absolute Gasteiger partial charge is 0.259 e. The molecule has 3 amide bonds. The Hall–Kier alpha value is -4.45. The summed E-state index contributed by atoms with van der Waals surface area (Å²) in [4.78, 5) is 50.2. The first-order valence-corrected chi connectivity index (χ1v) is 19.3. The maximum atomic E-state index is 14.3. The van der Waals surface area contributed by atoms with Crippen molar-refractivity contribution in [3.8, 4) is 16.9 Å². The number of hydrogen-bond donors (Lipinski definition) is 2. The molecule has 12 heteroatoms. The second kappa shape index (κ2) is 12.7. The van der Waals surface area contributed by atoms with E-state index < -0.39 is 56.5 Å². The summed E-state index contributed by atoms with van der Waals surface area (Å²) in [5, 5.41) is 7.01. The van der Waals surface area contributed by atoms with Gasteiger partial charge in [-0.3, -0.25) is 19.1 Å². The van der Waals surface area contributed by atoms with Gasteiger partial charge >= 0.3 is 0 Å². The van der Waals surface area contributed by atoms with Gasteiger partial charge in [-0.05, 0) is 87.1 Å². The Labute approximate surface area is 292 Å². The highest BCUT2D eigenvalue weighted by Crippen LogP contribution is 2.47. The molecule has 262 valence electrons. The molecule has 6 aliphatic rings. The highest BCUT2D eigenvalue weighted by atomic mass is 32.2. The van der Waals surface area contributed by atoms with E-state index in [0.717, 1.165) is 53.7 Å². The summed E-state index contributed by atoms with van der Waals surface area (Å²) >= 11 is 0. The second-order valence-electron chi connectivity index (χ2n) is 14.5. The fraction of sp³-hybridized carbons (Fsp3) is 0.474. The molecule has 2 aromatic carbocycles. The molecule has 0 aromatic heterocycles. The molecule has 0 radical (unpaired) electrons. The minimum absolute atomic E-state index is 0.0908. The standard InChI is InChI=1S/C38H42N4O7S/c1-2-23-22-38(23,37(45)41-50(46,47)27-14-15-27)39-35(43)32-20-26-21-33(32)36(44)42(24-11-12-24)17-7-3-4-8-18-48-25-13-16-29-28-9-5-6-10-30(28)34(40-49-26)31(29)19-25/h2,4-6,8-10,13,16,19,23-24,26-27,32-33H,1,3,7,11-12,14-15,17-18,20-22H2,(H,39,43)(H,41,45)/b8-4-,40-34+/t23-,26+,32+,33+,38+/m0/s1. The zero-order chi connectivity index (χ0) is 34.6. The normalized spacial score (nSPS) is 30.7. The van der Waals surface area contributed by atoms with Gasteiger partial charge in [-0.1, -0.05) is 47.6 Å². The first-order valence-electron chi connectivity index (χ1n) is 17.8. The Morgan fingerprint density at radius 3 is 2.52 bits per heavy atom. The van der Waals surface area contributed by atoms with Crippen molar-refractivity contribution in [1.29, 1.82) is 0 Å². The molecule has 1 aliphatic heterocycles. The Morgan fingerprint density at radius 2 is 1.78 bits per heavy atom. The Bertz CT molecular complexity index is 1920. The molecule has 4 saturated carbocycles. The van der Waals surface area contributed by atoms with E-state index in [1.165, 1.54) is 0 Å². The van der Waals surface area contributed by atoms with Crippen molar-refractivity contribution in [1.82, 2.24) is 14.9 Å². The molecule has 0 unspecified atom stereocenters. The van der Waals surface area contributed by atoms with Crippen LogP contribution in [0.5, 0.6) is 5.75 Å². The fourth-order valence-electron chi connectivity index (χ4n) is 7.79. The van der Waals surface area contributed by atoms with Crippen molar-refractivity contribution in [2.45, 2.75) is 80.7 Å². The van der Waals surface area contributed by atoms with Gasteiger partial charge in [0.25, 0.3) is 5.91 Å². The quantitative estimate of drug-likeness (QED) is 0.352. The number of fused-ring (bicyclic) bond motifs is 6. The third-order valence-corrected chi connectivity index (χ3v) is 12.8. The Balaban J connectivity index is 1.10. The molecule has 5 atom stereocenters. The van der Waals surface area contributed by atoms with E-state index >= 15 is 0 Å². The molecular formula is C38H42N4O7S. The van der Waals surface area contributed by atoms with Gasteiger partial charge in [0.1, 0.15) is 29.7 Å². The van der Waals surface area contributed by atoms with Crippen molar-refractivity contribution in [2.24, 2.45) is 22.9 Å². The monoisotopic (exact) mass is 698 g/mol. The lowest BCUT2D eigenvalue weighted by atomic mass is 9.92. The van der Waals surface area contributed by atoms with Crippen molar-refractivity contribution in [2.75, 3.05) is 13.2 Å². The molecule has 50 heavy (non-hydrogen) atoms. The largest absolute Gasteiger partial charge is 0.490 e. The predicted octanol–water partition coefficient (Wildman–Crippen LogP) is 4.22. The Morgan fingerprint density at radius 1 is 1.00 bits per heavy atom. The molecule has 0 spiro atoms. The molecule has 1 heterocycles. The van der Waals surface area contributed by atoms with Crippen LogP contribution < -0.4 is 14.8 Å². The fourth-order valence-corrected chi connectivity index (χ4v) is 9.15. The van der Waals surface area contributed by atoms with Crippen molar-refractivity contribution in [3.63, 3.8) is 0 Å². The lowest BCUT2D eigenvalue weighted by Crippen LogP contribution is -2.54. The average Bonchev–Trinajstić information content (AvgIpc) is 4.02. The number of allylic oxidation sites excluding steroid dienone is 1. The number of carbonyl (C=O) groups excluding carboxylic acids is 3. The van der Waals surface area contributed by atoms with Gasteiger partial charge in [-0.25, -0.2) is 8.42 Å². The van der Waals surface area contributed by atoms with Crippen LogP contribution in [0.25, 0.3) is 11.1 Å². The number of oxime groups is 1. The summed E-state index contributed by atoms with van der Waals surface area (Å²) in [6, 6.07) is 14.1. The van der Waals surface area contributed by atoms with Crippen LogP contribution >= 0.6 is 0 Å². The van der Waals surface area contributed by atoms with Gasteiger partial charge in [0.15, 0.2) is 0 Å². The second-order valence-corrected chi connectivity index (χ2v) is 16.4. The first-order chi connectivity index (χ1) is 24.2. The lowest BCUT2D eigenvalue weighted by molar-refractivity contribution is -0.142. The zero-order valence-corrected chi connectivity index (χ0v) is 28.7. The Kier molecular flexibility index (Phi) is 8.32. The van der Waals surface area contributed by atoms with Gasteiger partial charge < -0.3 is 19.8 Å². The molecule has 4 fully saturated rings. The van der Waals surface area contributed by atoms with Crippen LogP contribution in [0.4, 0.5) is 0 Å². The number of nitrogens with zero attached hydrogens (tertiary/aromatic N) is 2. The number of benzene rings is 2. The number of ether oxygens (including phenoxy) is 1. The van der Waals surface area contributed by atoms with Gasteiger partial charge in [0, 0.05) is 29.6 Å². The molecular weight excluding hydrogens is 657 g/mol. The minimum Gasteiger partial charge on any atom is -0.490 e. The van der Waals surface area contributed by atoms with E-state index in [-0.39, 0.29) is 31.2 Å². The van der Waals surface area contributed by atoms with E-state index in [4.69, 9.17) is 9.57 Å². The van der Waals surface area contributed by atoms with Gasteiger partial charge in [0.2, 0.25) is 21.8 Å². The number of sulfonamides is 1. The summed E-state index contributed by atoms with van der Waals surface area (Å²) in [6.45, 7) is 4.79. The molecule has 2 aromatic rings. The van der Waals surface area contributed by atoms with E-state index in [0.29, 0.717) is 31.7 Å². The van der Waals surface area contributed by atoms with Crippen LogP contribution in [0.15, 0.2) is 72.4 Å². The number of rotatable bonds is 7. The lowest BCUT2D eigenvalue weighted by Gasteiger charge is -2.29. The van der Waals surface area contributed by atoms with Crippen LogP contribution in [-0.2, 0) is 29.2 Å². The summed E-state index contributed by atoms with van der Waals surface area (Å²) in [5.41, 5.74) is 3.09. The van der Waals surface area contributed by atoms with Crippen LogP contribution in [0, 0.1) is 17.8 Å². The topological polar surface area (TPSA) is 143 Å². The molecule has 5 aliphatic carbocycles. The number of hydrogen-bond acceptors (Lipinski definition) is 8. The first kappa shape index (κ1) is 32.7. The summed E-state index contributed by atoms with van der Waals surface area (Å²) < 4.78 is 33.6. The average molecular weight is 699 g/mol. The summed E-state index contributed by atoms with van der Waals surface area (Å²) in [7, 11) is -3.83. The van der Waals surface area contributed by atoms with Crippen LogP contribution in [0.1, 0.15) is 68.9 Å². The molecule has 4 bridgehead atoms. The van der Waals surface area contributed by atoms with E-state index in [1.54, 1.807) is 6.08 Å². The van der Waals surface area contributed by atoms with Crippen LogP contribution in [0.2, 0.25) is 0 Å². The molecule has 8 rings (SSSR count). The van der Waals surface area contributed by atoms with Crippen molar-refractivity contribution < 1.29 is 32.4 Å². The number of carbonyl (C=O) groups is 3. The van der Waals surface area contributed by atoms with Gasteiger partial charge in [0.05, 0.1) is 17.1 Å². The third kappa shape index (κ3) is 6.12. The molecule has 0 saturated heterocycles. The van der Waals surface area contributed by atoms with E-state index in [9.17, 15) is 22.8 Å². The van der Waals surface area contributed by atoms with Gasteiger partial charge in [-0.2, -0.15) is 0 Å². The highest BCUT2D eigenvalue weighted by molar-refractivity contribution is 7.91. The predicted molar refractivity (Wildman–Crippen MR) is 186 cm³/mol. The minimum atomic E-state index is -3.83. The maximum absolute atomic E-state index is 14.3. The van der Waals surface area contributed by atoms with Crippen molar-refractivity contribution in [3.05, 3.63) is 78.4 Å². The summed E-state index contributed by atoms with van der Waals surface area (Å²) in [6.07, 6.45) is 10.2. The van der Waals surface area contributed by atoms with Crippen LogP contribution in [0.3, 0.4) is 0 Å². The zero-order valence-electron chi connectivity index (χ0n) is 27.9. The highest BCUT2D eigenvalue weighted by Gasteiger charge is 2.62. The summed E-state index contributed by atoms with van der Waals surface area (Å²) in [5.74, 6) is -2.50. The molecule has 11 nitrogen and oxygen atoms in total. The number of amides is 3.